The lowest BCUT2D eigenvalue weighted by Gasteiger charge is -2.23. The largest absolute Gasteiger partial charge is 0.401 e. The number of sulfone groups is 1. The van der Waals surface area contributed by atoms with Crippen LogP contribution in [0.2, 0.25) is 0 Å². The van der Waals surface area contributed by atoms with Crippen molar-refractivity contribution in [2.75, 3.05) is 31.6 Å². The van der Waals surface area contributed by atoms with Crippen LogP contribution in [0.5, 0.6) is 0 Å². The van der Waals surface area contributed by atoms with Crippen molar-refractivity contribution in [1.29, 1.82) is 0 Å². The molecule has 0 bridgehead atoms. The average molecular weight is 288 g/mol. The summed E-state index contributed by atoms with van der Waals surface area (Å²) in [6.07, 6.45) is -4.03. The van der Waals surface area contributed by atoms with Gasteiger partial charge in [0.25, 0.3) is 0 Å². The standard InChI is InChI=1S/C9H15F3N2O3S/c1-14(7-2-3-18(16,17)5-7)8(15)4-13-6-9(10,11)12/h7,13H,2-6H2,1H3. The Hall–Kier alpha value is -0.830. The molecule has 1 N–H and O–H groups in total. The molecule has 0 aromatic carbocycles. The third kappa shape index (κ3) is 4.81. The molecule has 5 nitrogen and oxygen atoms in total. The summed E-state index contributed by atoms with van der Waals surface area (Å²) in [5.41, 5.74) is 0. The molecule has 0 aromatic rings. The molecule has 106 valence electrons. The van der Waals surface area contributed by atoms with Crippen LogP contribution in [0.1, 0.15) is 6.42 Å². The van der Waals surface area contributed by atoms with E-state index in [0.717, 1.165) is 0 Å². The summed E-state index contributed by atoms with van der Waals surface area (Å²) in [7, 11) is -1.71. The van der Waals surface area contributed by atoms with E-state index in [0.29, 0.717) is 6.42 Å². The molecule has 1 amide bonds. The molecule has 9 heteroatoms. The van der Waals surface area contributed by atoms with Crippen molar-refractivity contribution in [1.82, 2.24) is 10.2 Å². The fourth-order valence-electron chi connectivity index (χ4n) is 1.72. The normalized spacial score (nSPS) is 23.0. The first kappa shape index (κ1) is 15.2. The fourth-order valence-corrected chi connectivity index (χ4v) is 3.49. The lowest BCUT2D eigenvalue weighted by Crippen LogP contribution is -2.44. The first-order chi connectivity index (χ1) is 8.11. The van der Waals surface area contributed by atoms with Crippen LogP contribution in [-0.4, -0.2) is 63.1 Å². The van der Waals surface area contributed by atoms with Crippen molar-refractivity contribution < 1.29 is 26.4 Å². The summed E-state index contributed by atoms with van der Waals surface area (Å²) in [5, 5.41) is 1.98. The number of amides is 1. The Labute approximate surface area is 103 Å². The highest BCUT2D eigenvalue weighted by molar-refractivity contribution is 7.91. The van der Waals surface area contributed by atoms with Crippen molar-refractivity contribution in [3.63, 3.8) is 0 Å². The van der Waals surface area contributed by atoms with Crippen molar-refractivity contribution in [3.8, 4) is 0 Å². The quantitative estimate of drug-likeness (QED) is 0.777. The zero-order valence-corrected chi connectivity index (χ0v) is 10.6. The van der Waals surface area contributed by atoms with Crippen LogP contribution in [0.4, 0.5) is 13.2 Å². The highest BCUT2D eigenvalue weighted by Crippen LogP contribution is 2.16. The van der Waals surface area contributed by atoms with Crippen LogP contribution in [0.3, 0.4) is 0 Å². The van der Waals surface area contributed by atoms with Crippen molar-refractivity contribution in [3.05, 3.63) is 0 Å². The topological polar surface area (TPSA) is 66.5 Å². The van der Waals surface area contributed by atoms with Crippen molar-refractivity contribution in [2.45, 2.75) is 18.6 Å². The molecule has 0 radical (unpaired) electrons. The first-order valence-electron chi connectivity index (χ1n) is 5.34. The monoisotopic (exact) mass is 288 g/mol. The second-order valence-electron chi connectivity index (χ2n) is 4.28. The summed E-state index contributed by atoms with van der Waals surface area (Å²) < 4.78 is 58.0. The molecule has 1 atom stereocenters. The summed E-state index contributed by atoms with van der Waals surface area (Å²) in [6, 6.07) is -0.435. The van der Waals surface area contributed by atoms with Crippen LogP contribution in [0.25, 0.3) is 0 Å². The highest BCUT2D eigenvalue weighted by atomic mass is 32.2. The van der Waals surface area contributed by atoms with E-state index in [1.807, 2.05) is 5.32 Å². The molecule has 1 fully saturated rings. The Morgan fingerprint density at radius 3 is 2.50 bits per heavy atom. The Morgan fingerprint density at radius 1 is 1.44 bits per heavy atom. The van der Waals surface area contributed by atoms with E-state index in [1.165, 1.54) is 11.9 Å². The first-order valence-corrected chi connectivity index (χ1v) is 7.16. The fraction of sp³-hybridized carbons (Fsp3) is 0.889. The van der Waals surface area contributed by atoms with E-state index in [4.69, 9.17) is 0 Å². The summed E-state index contributed by atoms with van der Waals surface area (Å²) in [6.45, 7) is -1.69. The van der Waals surface area contributed by atoms with E-state index in [1.54, 1.807) is 0 Å². The van der Waals surface area contributed by atoms with Gasteiger partial charge in [-0.1, -0.05) is 0 Å². The van der Waals surface area contributed by atoms with Gasteiger partial charge in [0.15, 0.2) is 9.84 Å². The van der Waals surface area contributed by atoms with Crippen LogP contribution >= 0.6 is 0 Å². The maximum atomic E-state index is 11.8. The zero-order chi connectivity index (χ0) is 14.0. The van der Waals surface area contributed by atoms with E-state index in [9.17, 15) is 26.4 Å². The van der Waals surface area contributed by atoms with Crippen molar-refractivity contribution >= 4 is 15.7 Å². The van der Waals surface area contributed by atoms with Gasteiger partial charge in [0.05, 0.1) is 24.6 Å². The minimum absolute atomic E-state index is 0.0191. The molecule has 0 aromatic heterocycles. The van der Waals surface area contributed by atoms with Gasteiger partial charge >= 0.3 is 6.18 Å². The Morgan fingerprint density at radius 2 is 2.06 bits per heavy atom. The maximum absolute atomic E-state index is 11.8. The molecular weight excluding hydrogens is 273 g/mol. The molecule has 0 aliphatic carbocycles. The van der Waals surface area contributed by atoms with Crippen LogP contribution in [0, 0.1) is 0 Å². The maximum Gasteiger partial charge on any atom is 0.401 e. The van der Waals surface area contributed by atoms with Crippen LogP contribution in [0.15, 0.2) is 0 Å². The number of rotatable bonds is 4. The van der Waals surface area contributed by atoms with Gasteiger partial charge in [-0.25, -0.2) is 8.42 Å². The van der Waals surface area contributed by atoms with Gasteiger partial charge in [-0.05, 0) is 6.42 Å². The number of hydrogen-bond donors (Lipinski definition) is 1. The van der Waals surface area contributed by atoms with E-state index >= 15 is 0 Å². The molecule has 18 heavy (non-hydrogen) atoms. The number of nitrogens with one attached hydrogen (secondary N) is 1. The number of carbonyl (C=O) groups is 1. The number of halogens is 3. The molecule has 1 heterocycles. The molecule has 0 saturated carbocycles. The van der Waals surface area contributed by atoms with E-state index < -0.39 is 41.1 Å². The highest BCUT2D eigenvalue weighted by Gasteiger charge is 2.33. The second kappa shape index (κ2) is 5.43. The molecular formula is C9H15F3N2O3S. The molecule has 0 spiro atoms. The summed E-state index contributed by atoms with van der Waals surface area (Å²) in [5.74, 6) is -0.638. The van der Waals surface area contributed by atoms with Gasteiger partial charge in [0, 0.05) is 13.1 Å². The number of likely N-dealkylation sites (N-methyl/N-ethyl adjacent to an activating group) is 1. The minimum atomic E-state index is -4.37. The molecule has 1 saturated heterocycles. The summed E-state index contributed by atoms with van der Waals surface area (Å²) in [4.78, 5) is 12.7. The SMILES string of the molecule is CN(C(=O)CNCC(F)(F)F)C1CCS(=O)(=O)C1. The average Bonchev–Trinajstić information content (AvgIpc) is 2.55. The van der Waals surface area contributed by atoms with Crippen LogP contribution < -0.4 is 5.32 Å². The van der Waals surface area contributed by atoms with Crippen LogP contribution in [-0.2, 0) is 14.6 Å². The Kier molecular flexibility index (Phi) is 4.60. The molecule has 1 unspecified atom stereocenters. The Balaban J connectivity index is 2.38. The summed E-state index contributed by atoms with van der Waals surface area (Å²) >= 11 is 0. The smallest absolute Gasteiger partial charge is 0.341 e. The minimum Gasteiger partial charge on any atom is -0.341 e. The second-order valence-corrected chi connectivity index (χ2v) is 6.51. The van der Waals surface area contributed by atoms with Gasteiger partial charge in [0.2, 0.25) is 5.91 Å². The molecule has 1 rings (SSSR count). The number of nitrogens with zero attached hydrogens (tertiary/aromatic N) is 1. The number of hydrogen-bond acceptors (Lipinski definition) is 4. The van der Waals surface area contributed by atoms with E-state index in [-0.39, 0.29) is 11.5 Å². The molecule has 1 aliphatic heterocycles. The lowest BCUT2D eigenvalue weighted by atomic mass is 10.2. The van der Waals surface area contributed by atoms with Gasteiger partial charge in [-0.2, -0.15) is 13.2 Å². The van der Waals surface area contributed by atoms with Crippen molar-refractivity contribution in [2.24, 2.45) is 0 Å². The predicted molar refractivity (Wildman–Crippen MR) is 58.8 cm³/mol. The van der Waals surface area contributed by atoms with Gasteiger partial charge in [-0.3, -0.25) is 4.79 Å². The lowest BCUT2D eigenvalue weighted by molar-refractivity contribution is -0.134. The van der Waals surface area contributed by atoms with Gasteiger partial charge in [0.1, 0.15) is 0 Å². The molecule has 1 aliphatic rings. The van der Waals surface area contributed by atoms with E-state index in [2.05, 4.69) is 0 Å². The third-order valence-electron chi connectivity index (χ3n) is 2.75. The number of alkyl halides is 3. The Bertz CT molecular complexity index is 408. The van der Waals surface area contributed by atoms with Gasteiger partial charge in [-0.15, -0.1) is 0 Å². The number of carbonyl (C=O) groups excluding carboxylic acids is 1. The zero-order valence-electron chi connectivity index (χ0n) is 9.83. The van der Waals surface area contributed by atoms with Gasteiger partial charge < -0.3 is 10.2 Å². The third-order valence-corrected chi connectivity index (χ3v) is 4.50. The predicted octanol–water partition coefficient (Wildman–Crippen LogP) is -0.216.